The highest BCUT2D eigenvalue weighted by molar-refractivity contribution is 6.07. The number of carbonyl (C=O) groups excluding carboxylic acids is 3. The molecule has 1 aliphatic carbocycles. The van der Waals surface area contributed by atoms with E-state index in [1.807, 2.05) is 40.2 Å². The van der Waals surface area contributed by atoms with Crippen LogP contribution in [-0.4, -0.2) is 108 Å². The maximum absolute atomic E-state index is 12.3. The number of rotatable bonds is 13. The number of carboxylic acid groups (broad SMARTS) is 2. The average Bonchev–Trinajstić information content (AvgIpc) is 3.17. The molecule has 2 aromatic rings. The van der Waals surface area contributed by atoms with Crippen molar-refractivity contribution in [1.29, 1.82) is 0 Å². The molecule has 0 spiro atoms. The number of carboxylic acids is 1. The first-order valence-electron chi connectivity index (χ1n) is 16.2. The van der Waals surface area contributed by atoms with E-state index in [0.717, 1.165) is 0 Å². The molecule has 0 aromatic heterocycles. The van der Waals surface area contributed by atoms with E-state index in [4.69, 9.17) is 23.7 Å². The first-order chi connectivity index (χ1) is 25.5. The number of nitrogens with one attached hydrogen (secondary N) is 4. The quantitative estimate of drug-likeness (QED) is 0.0659. The first-order valence-corrected chi connectivity index (χ1v) is 16.2. The van der Waals surface area contributed by atoms with Gasteiger partial charge in [0.15, 0.2) is 26.3 Å². The molecule has 0 atom stereocenters. The number of benzene rings is 3. The molecule has 282 valence electrons. The Balaban J connectivity index is 0.00000141. The highest BCUT2D eigenvalue weighted by Gasteiger charge is 2.23. The number of aromatic carboxylic acids is 1. The summed E-state index contributed by atoms with van der Waals surface area (Å²) in [6, 6.07) is 17.8. The lowest BCUT2D eigenvalue weighted by molar-refractivity contribution is 0.0697. The van der Waals surface area contributed by atoms with Crippen molar-refractivity contribution in [2.24, 2.45) is 0 Å². The van der Waals surface area contributed by atoms with Gasteiger partial charge in [-0.3, -0.25) is 0 Å². The molecule has 0 unspecified atom stereocenters. The van der Waals surface area contributed by atoms with Crippen molar-refractivity contribution < 1.29 is 52.8 Å². The van der Waals surface area contributed by atoms with Crippen molar-refractivity contribution in [1.82, 2.24) is 25.8 Å². The van der Waals surface area contributed by atoms with Crippen LogP contribution in [0.15, 0.2) is 77.9 Å². The first kappa shape index (κ1) is 40.6. The van der Waals surface area contributed by atoms with E-state index in [9.17, 15) is 29.1 Å². The fraction of sp³-hybridized carbons (Fsp3) is 0.278. The Bertz CT molecular complexity index is 1950. The number of nitrogens with zero attached hydrogens (tertiary/aromatic N) is 2. The summed E-state index contributed by atoms with van der Waals surface area (Å²) in [7, 11) is 5.75. The smallest absolute Gasteiger partial charge is 0.407 e. The molecule has 4 amide bonds. The molecule has 4 rings (SSSR count). The summed E-state index contributed by atoms with van der Waals surface area (Å²) < 4.78 is 23.9. The molecular weight excluding hydrogens is 692 g/mol. The molecule has 17 nitrogen and oxygen atoms in total. The van der Waals surface area contributed by atoms with Crippen LogP contribution in [0.5, 0.6) is 0 Å². The topological polar surface area (TPSA) is 221 Å². The second kappa shape index (κ2) is 20.2. The lowest BCUT2D eigenvalue weighted by atomic mass is 9.90. The van der Waals surface area contributed by atoms with Crippen LogP contribution in [0.3, 0.4) is 0 Å². The summed E-state index contributed by atoms with van der Waals surface area (Å²) in [5, 5.41) is 28.2. The predicted molar refractivity (Wildman–Crippen MR) is 196 cm³/mol. The number of hydrogen-bond donors (Lipinski definition) is 6. The molecule has 0 radical (unpaired) electrons. The molecule has 17 heteroatoms. The zero-order chi connectivity index (χ0) is 38.9. The second-order valence-corrected chi connectivity index (χ2v) is 10.8. The zero-order valence-electron chi connectivity index (χ0n) is 29.8. The van der Waals surface area contributed by atoms with Crippen LogP contribution in [0.2, 0.25) is 0 Å². The van der Waals surface area contributed by atoms with Gasteiger partial charge in [-0.15, -0.1) is 0 Å². The largest absolute Gasteiger partial charge is 0.478 e. The molecule has 6 N–H and O–H groups in total. The van der Waals surface area contributed by atoms with Crippen molar-refractivity contribution in [3.8, 4) is 22.5 Å². The van der Waals surface area contributed by atoms with E-state index in [-0.39, 0.29) is 38.5 Å². The summed E-state index contributed by atoms with van der Waals surface area (Å²) in [6.07, 6.45) is -1.10. The Morgan fingerprint density at radius 1 is 0.774 bits per heavy atom. The maximum Gasteiger partial charge on any atom is 0.407 e. The predicted octanol–water partition coefficient (Wildman–Crippen LogP) is 3.58. The Labute approximate surface area is 304 Å². The molecule has 2 aliphatic rings. The minimum atomic E-state index is -1.08. The maximum atomic E-state index is 12.3. The average molecular weight is 736 g/mol. The van der Waals surface area contributed by atoms with Gasteiger partial charge in [0.2, 0.25) is 5.36 Å². The monoisotopic (exact) mass is 735 g/mol. The summed E-state index contributed by atoms with van der Waals surface area (Å²) in [4.78, 5) is 58.3. The van der Waals surface area contributed by atoms with Gasteiger partial charge in [0.1, 0.15) is 18.0 Å². The van der Waals surface area contributed by atoms with Gasteiger partial charge in [-0.1, -0.05) is 24.8 Å². The lowest BCUT2D eigenvalue weighted by Gasteiger charge is -2.22. The Morgan fingerprint density at radius 3 is 1.91 bits per heavy atom. The molecule has 0 fully saturated rings. The molecule has 1 heterocycles. The van der Waals surface area contributed by atoms with Crippen LogP contribution >= 0.6 is 0 Å². The van der Waals surface area contributed by atoms with Crippen LogP contribution in [0.25, 0.3) is 33.4 Å². The van der Waals surface area contributed by atoms with Gasteiger partial charge in [0.25, 0.3) is 0 Å². The van der Waals surface area contributed by atoms with Gasteiger partial charge in [0.05, 0.1) is 18.2 Å². The van der Waals surface area contributed by atoms with E-state index in [0.29, 0.717) is 51.0 Å². The van der Waals surface area contributed by atoms with Crippen molar-refractivity contribution in [2.45, 2.75) is 0 Å². The number of hydrogen-bond acceptors (Lipinski definition) is 10. The van der Waals surface area contributed by atoms with Crippen LogP contribution < -0.4 is 36.1 Å². The number of ether oxygens (including phenoxy) is 3. The summed E-state index contributed by atoms with van der Waals surface area (Å²) in [5.41, 5.74) is 3.12. The van der Waals surface area contributed by atoms with E-state index in [1.54, 1.807) is 41.4 Å². The van der Waals surface area contributed by atoms with Gasteiger partial charge in [-0.2, -0.15) is 0 Å². The Hall–Kier alpha value is -6.78. The third kappa shape index (κ3) is 11.4. The van der Waals surface area contributed by atoms with Gasteiger partial charge in [-0.25, -0.2) is 28.5 Å². The van der Waals surface area contributed by atoms with Crippen LogP contribution in [-0.2, 0) is 14.2 Å². The Morgan fingerprint density at radius 2 is 1.36 bits per heavy atom. The SMILES string of the molecule is C=CN(CCOC(=O)NC)c1ccc2c(-c3ccccc3C(=O)O)c3ccc(=[N+](CCOC(=O)NC)CCOC(=O)NC)cc-3oc2c1.CNC(=O)O. The molecular formula is C36H43N6O11+. The van der Waals surface area contributed by atoms with Crippen molar-refractivity contribution in [3.63, 3.8) is 0 Å². The number of alkyl carbamates (subject to hydrolysis) is 3. The van der Waals surface area contributed by atoms with Crippen molar-refractivity contribution in [2.75, 3.05) is 72.5 Å². The van der Waals surface area contributed by atoms with Crippen LogP contribution in [0.4, 0.5) is 24.9 Å². The highest BCUT2D eigenvalue weighted by atomic mass is 16.6. The number of fused-ring (bicyclic) bond motifs is 2. The van der Waals surface area contributed by atoms with Gasteiger partial charge in [-0.05, 0) is 36.0 Å². The fourth-order valence-corrected chi connectivity index (χ4v) is 5.07. The minimum Gasteiger partial charge on any atom is -0.478 e. The van der Waals surface area contributed by atoms with E-state index < -0.39 is 30.3 Å². The Kier molecular flexibility index (Phi) is 15.5. The minimum absolute atomic E-state index is 0.0498. The van der Waals surface area contributed by atoms with Gasteiger partial charge in [0, 0.05) is 62.5 Å². The van der Waals surface area contributed by atoms with Gasteiger partial charge >= 0.3 is 30.3 Å². The molecule has 2 aromatic carbocycles. The summed E-state index contributed by atoms with van der Waals surface area (Å²) in [6.45, 7) is 4.96. The second-order valence-electron chi connectivity index (χ2n) is 10.8. The normalized spacial score (nSPS) is 10.2. The fourth-order valence-electron chi connectivity index (χ4n) is 5.07. The van der Waals surface area contributed by atoms with Crippen LogP contribution in [0, 0.1) is 0 Å². The molecule has 0 saturated heterocycles. The third-order valence-electron chi connectivity index (χ3n) is 7.61. The van der Waals surface area contributed by atoms with Crippen molar-refractivity contribution in [3.05, 3.63) is 84.4 Å². The summed E-state index contributed by atoms with van der Waals surface area (Å²) in [5.74, 6) is -0.627. The standard InChI is InChI=1S/C34H37N5O9.C2H5NO2/c1-5-38(14-17-45-32(42)35-2)22-10-12-26-28(20-22)48-29-21-23(39(15-18-46-33(43)36-3)16-19-47-34(44)37-4)11-13-27(29)30(26)24-8-6-7-9-25(24)31(40)41;1-3-2(4)5/h5-13,20-21H,1,14-19H2,2-4H3,(H3-,35,36,37,40,41,42,43,44);3H,1H3,(H,4,5)/p+1. The van der Waals surface area contributed by atoms with Gasteiger partial charge < -0.3 is 55.0 Å². The van der Waals surface area contributed by atoms with E-state index >= 15 is 0 Å². The zero-order valence-corrected chi connectivity index (χ0v) is 29.8. The highest BCUT2D eigenvalue weighted by Crippen LogP contribution is 2.42. The number of amides is 4. The molecule has 0 saturated carbocycles. The molecule has 0 bridgehead atoms. The third-order valence-corrected chi connectivity index (χ3v) is 7.61. The molecule has 53 heavy (non-hydrogen) atoms. The molecule has 1 aliphatic heterocycles. The van der Waals surface area contributed by atoms with E-state index in [1.165, 1.54) is 28.2 Å². The number of anilines is 1. The van der Waals surface area contributed by atoms with Crippen LogP contribution in [0.1, 0.15) is 10.4 Å². The van der Waals surface area contributed by atoms with Crippen molar-refractivity contribution >= 4 is 47.0 Å². The lowest BCUT2D eigenvalue weighted by Crippen LogP contribution is -2.37. The summed E-state index contributed by atoms with van der Waals surface area (Å²) >= 11 is 0. The van der Waals surface area contributed by atoms with E-state index in [2.05, 4.69) is 22.5 Å². The number of carbonyl (C=O) groups is 5.